The summed E-state index contributed by atoms with van der Waals surface area (Å²) < 4.78 is 3.18. The highest BCUT2D eigenvalue weighted by molar-refractivity contribution is 9.10. The van der Waals surface area contributed by atoms with Gasteiger partial charge in [0, 0.05) is 22.2 Å². The molecule has 0 aliphatic carbocycles. The summed E-state index contributed by atoms with van der Waals surface area (Å²) in [5.74, 6) is 0. The number of hydrogen-bond donors (Lipinski definition) is 0. The van der Waals surface area contributed by atoms with Crippen LogP contribution in [0.15, 0.2) is 22.8 Å². The zero-order chi connectivity index (χ0) is 17.9. The summed E-state index contributed by atoms with van der Waals surface area (Å²) in [5.41, 5.74) is 5.78. The van der Waals surface area contributed by atoms with Crippen LogP contribution in [-0.4, -0.2) is 14.4 Å². The molecule has 24 heavy (non-hydrogen) atoms. The molecule has 3 aromatic heterocycles. The predicted octanol–water partition coefficient (Wildman–Crippen LogP) is 5.84. The van der Waals surface area contributed by atoms with E-state index in [-0.39, 0.29) is 10.8 Å². The Hall–Kier alpha value is -1.42. The van der Waals surface area contributed by atoms with Gasteiger partial charge in [-0.05, 0) is 52.9 Å². The molecule has 3 aromatic rings. The predicted molar refractivity (Wildman–Crippen MR) is 105 cm³/mol. The largest absolute Gasteiger partial charge is 0.299 e. The van der Waals surface area contributed by atoms with Crippen molar-refractivity contribution in [2.24, 2.45) is 5.41 Å². The van der Waals surface area contributed by atoms with Crippen molar-refractivity contribution in [2.75, 3.05) is 0 Å². The van der Waals surface area contributed by atoms with E-state index >= 15 is 0 Å². The lowest BCUT2D eigenvalue weighted by molar-refractivity contribution is 0.404. The Kier molecular flexibility index (Phi) is 4.03. The molecule has 3 rings (SSSR count). The summed E-state index contributed by atoms with van der Waals surface area (Å²) in [4.78, 5) is 9.72. The fraction of sp³-hybridized carbons (Fsp3) is 0.500. The lowest BCUT2D eigenvalue weighted by Crippen LogP contribution is -2.15. The number of fused-ring (bicyclic) bond motifs is 3. The zero-order valence-corrected chi connectivity index (χ0v) is 17.2. The van der Waals surface area contributed by atoms with E-state index in [1.807, 2.05) is 0 Å². The highest BCUT2D eigenvalue weighted by Gasteiger charge is 2.21. The van der Waals surface area contributed by atoms with Gasteiger partial charge in [-0.1, -0.05) is 41.5 Å². The molecule has 0 fully saturated rings. The zero-order valence-electron chi connectivity index (χ0n) is 15.7. The Morgan fingerprint density at radius 1 is 1.04 bits per heavy atom. The third-order valence-electron chi connectivity index (χ3n) is 4.29. The fourth-order valence-electron chi connectivity index (χ4n) is 3.09. The molecule has 0 radical (unpaired) electrons. The van der Waals surface area contributed by atoms with Gasteiger partial charge in [0.25, 0.3) is 0 Å². The Morgan fingerprint density at radius 3 is 2.29 bits per heavy atom. The monoisotopic (exact) mass is 387 g/mol. The Morgan fingerprint density at radius 2 is 1.71 bits per heavy atom. The fourth-order valence-corrected chi connectivity index (χ4v) is 3.44. The molecule has 0 saturated heterocycles. The number of aromatic nitrogens is 3. The van der Waals surface area contributed by atoms with Crippen molar-refractivity contribution in [1.29, 1.82) is 0 Å². The van der Waals surface area contributed by atoms with Gasteiger partial charge in [0.15, 0.2) is 0 Å². The molecule has 4 heteroatoms. The van der Waals surface area contributed by atoms with Crippen LogP contribution in [-0.2, 0) is 11.8 Å². The van der Waals surface area contributed by atoms with Gasteiger partial charge in [0.1, 0.15) is 10.3 Å². The topological polar surface area (TPSA) is 30.2 Å². The Bertz CT molecular complexity index is 924. The van der Waals surface area contributed by atoms with E-state index in [9.17, 15) is 0 Å². The summed E-state index contributed by atoms with van der Waals surface area (Å²) in [6, 6.07) is 6.53. The summed E-state index contributed by atoms with van der Waals surface area (Å²) in [6.07, 6.45) is 0.977. The van der Waals surface area contributed by atoms with Gasteiger partial charge in [-0.15, -0.1) is 0 Å². The van der Waals surface area contributed by atoms with Crippen LogP contribution in [0.5, 0.6) is 0 Å². The highest BCUT2D eigenvalue weighted by atomic mass is 79.9. The van der Waals surface area contributed by atoms with E-state index in [2.05, 4.69) is 87.0 Å². The molecule has 128 valence electrons. The maximum Gasteiger partial charge on any atom is 0.148 e. The molecule has 3 nitrogen and oxygen atoms in total. The summed E-state index contributed by atoms with van der Waals surface area (Å²) >= 11 is 3.60. The van der Waals surface area contributed by atoms with E-state index in [0.29, 0.717) is 0 Å². The second-order valence-electron chi connectivity index (χ2n) is 8.90. The van der Waals surface area contributed by atoms with Crippen molar-refractivity contribution in [1.82, 2.24) is 14.4 Å². The lowest BCUT2D eigenvalue weighted by Gasteiger charge is -2.21. The third-order valence-corrected chi connectivity index (χ3v) is 5.04. The molecule has 0 aliphatic rings. The average molecular weight is 388 g/mol. The number of halogens is 1. The second-order valence-corrected chi connectivity index (χ2v) is 9.65. The van der Waals surface area contributed by atoms with Crippen LogP contribution in [0.4, 0.5) is 0 Å². The van der Waals surface area contributed by atoms with Crippen molar-refractivity contribution in [3.05, 3.63) is 39.9 Å². The first-order valence-electron chi connectivity index (χ1n) is 8.45. The standard InChI is InChI=1S/C20H26BrN3/c1-12-17(21)23-18-14-8-9-16(20(5,6)7)22-15(14)10-13(24(12)18)11-19(2,3)4/h8-10H,11H2,1-7H3. The molecule has 0 amide bonds. The van der Waals surface area contributed by atoms with Crippen molar-refractivity contribution in [3.8, 4) is 0 Å². The van der Waals surface area contributed by atoms with Gasteiger partial charge in [-0.3, -0.25) is 9.38 Å². The van der Waals surface area contributed by atoms with Gasteiger partial charge < -0.3 is 0 Å². The second kappa shape index (κ2) is 5.55. The molecule has 0 unspecified atom stereocenters. The molecule has 0 spiro atoms. The maximum absolute atomic E-state index is 4.96. The lowest BCUT2D eigenvalue weighted by atomic mass is 9.89. The number of pyridine rings is 2. The first kappa shape index (κ1) is 17.4. The maximum atomic E-state index is 4.96. The molecule has 0 aliphatic heterocycles. The van der Waals surface area contributed by atoms with Crippen molar-refractivity contribution >= 4 is 32.5 Å². The number of imidazole rings is 1. The summed E-state index contributed by atoms with van der Waals surface area (Å²) in [6.45, 7) is 15.5. The van der Waals surface area contributed by atoms with Crippen LogP contribution in [0.1, 0.15) is 58.6 Å². The van der Waals surface area contributed by atoms with Crippen LogP contribution >= 0.6 is 15.9 Å². The van der Waals surface area contributed by atoms with E-state index in [0.717, 1.165) is 39.0 Å². The highest BCUT2D eigenvalue weighted by Crippen LogP contribution is 2.31. The SMILES string of the molecule is Cc1c(Br)nc2c3ccc(C(C)(C)C)nc3cc(CC(C)(C)C)n12. The first-order chi connectivity index (χ1) is 11.0. The summed E-state index contributed by atoms with van der Waals surface area (Å²) in [7, 11) is 0. The van der Waals surface area contributed by atoms with Crippen molar-refractivity contribution < 1.29 is 0 Å². The van der Waals surface area contributed by atoms with Crippen LogP contribution in [0, 0.1) is 12.3 Å². The van der Waals surface area contributed by atoms with Crippen molar-refractivity contribution in [3.63, 3.8) is 0 Å². The van der Waals surface area contributed by atoms with Gasteiger partial charge in [0.2, 0.25) is 0 Å². The first-order valence-corrected chi connectivity index (χ1v) is 9.24. The minimum absolute atomic E-state index is 0.0381. The van der Waals surface area contributed by atoms with E-state index in [1.165, 1.54) is 5.69 Å². The molecular weight excluding hydrogens is 362 g/mol. The third kappa shape index (κ3) is 3.08. The molecule has 3 heterocycles. The van der Waals surface area contributed by atoms with Crippen LogP contribution in [0.2, 0.25) is 0 Å². The number of hydrogen-bond acceptors (Lipinski definition) is 2. The quantitative estimate of drug-likeness (QED) is 0.524. The number of aryl methyl sites for hydroxylation is 1. The van der Waals surface area contributed by atoms with Crippen LogP contribution < -0.4 is 0 Å². The van der Waals surface area contributed by atoms with Gasteiger partial charge in [0.05, 0.1) is 11.2 Å². The number of rotatable bonds is 1. The Balaban J connectivity index is 2.37. The van der Waals surface area contributed by atoms with E-state index < -0.39 is 0 Å². The normalized spacial score (nSPS) is 13.2. The summed E-state index contributed by atoms with van der Waals surface area (Å²) in [5, 5.41) is 1.11. The molecule has 0 N–H and O–H groups in total. The number of nitrogens with zero attached hydrogens (tertiary/aromatic N) is 3. The molecular formula is C20H26BrN3. The minimum atomic E-state index is 0.0381. The van der Waals surface area contributed by atoms with Crippen molar-refractivity contribution in [2.45, 2.75) is 60.3 Å². The molecule has 0 saturated carbocycles. The van der Waals surface area contributed by atoms with Gasteiger partial charge in [-0.25, -0.2) is 4.98 Å². The molecule has 0 aromatic carbocycles. The van der Waals surface area contributed by atoms with E-state index in [1.54, 1.807) is 0 Å². The average Bonchev–Trinajstić information content (AvgIpc) is 2.72. The van der Waals surface area contributed by atoms with E-state index in [4.69, 9.17) is 9.97 Å². The smallest absolute Gasteiger partial charge is 0.148 e. The van der Waals surface area contributed by atoms with Crippen LogP contribution in [0.25, 0.3) is 16.6 Å². The molecule has 0 atom stereocenters. The Labute approximate surface area is 152 Å². The minimum Gasteiger partial charge on any atom is -0.299 e. The van der Waals surface area contributed by atoms with Gasteiger partial charge in [-0.2, -0.15) is 0 Å². The van der Waals surface area contributed by atoms with Gasteiger partial charge >= 0.3 is 0 Å². The molecule has 0 bridgehead atoms. The van der Waals surface area contributed by atoms with Crippen LogP contribution in [0.3, 0.4) is 0 Å².